The van der Waals surface area contributed by atoms with Crippen molar-refractivity contribution in [2.75, 3.05) is 24.6 Å². The summed E-state index contributed by atoms with van der Waals surface area (Å²) in [5, 5.41) is 8.89. The molecule has 4 heteroatoms. The maximum Gasteiger partial charge on any atom is 0.151 e. The normalized spacial score (nSPS) is 10.1. The van der Waals surface area contributed by atoms with Crippen LogP contribution < -0.4 is 4.90 Å². The Labute approximate surface area is 97.8 Å². The second-order valence-electron chi connectivity index (χ2n) is 3.13. The summed E-state index contributed by atoms with van der Waals surface area (Å²) < 4.78 is 0.784. The lowest BCUT2D eigenvalue weighted by Gasteiger charge is -2.22. The number of likely N-dealkylation sites (N-methyl/N-ethyl adjacent to an activating group) is 1. The number of halogens is 1. The molecule has 15 heavy (non-hydrogen) atoms. The molecule has 0 bridgehead atoms. The minimum absolute atomic E-state index is 0.126. The third-order valence-corrected chi connectivity index (χ3v) is 2.91. The van der Waals surface area contributed by atoms with Gasteiger partial charge in [0.1, 0.15) is 0 Å². The lowest BCUT2D eigenvalue weighted by Crippen LogP contribution is -2.26. The Morgan fingerprint density at radius 2 is 2.27 bits per heavy atom. The Morgan fingerprint density at radius 3 is 2.73 bits per heavy atom. The van der Waals surface area contributed by atoms with Gasteiger partial charge in [0.05, 0.1) is 6.61 Å². The molecule has 0 amide bonds. The van der Waals surface area contributed by atoms with Gasteiger partial charge in [0, 0.05) is 28.8 Å². The second-order valence-corrected chi connectivity index (χ2v) is 3.98. The average molecular weight is 272 g/mol. The second kappa shape index (κ2) is 5.88. The van der Waals surface area contributed by atoms with Crippen LogP contribution in [0.5, 0.6) is 0 Å². The van der Waals surface area contributed by atoms with E-state index in [1.54, 1.807) is 6.07 Å². The molecule has 0 fully saturated rings. The molecule has 0 aliphatic rings. The number of rotatable bonds is 5. The molecule has 0 saturated carbocycles. The lowest BCUT2D eigenvalue weighted by atomic mass is 10.2. The number of aliphatic hydroxyl groups excluding tert-OH is 1. The van der Waals surface area contributed by atoms with Gasteiger partial charge in [0.25, 0.3) is 0 Å². The number of anilines is 1. The van der Waals surface area contributed by atoms with Crippen molar-refractivity contribution in [2.24, 2.45) is 0 Å². The summed E-state index contributed by atoms with van der Waals surface area (Å²) >= 11 is 3.34. The van der Waals surface area contributed by atoms with Gasteiger partial charge in [-0.25, -0.2) is 0 Å². The first-order valence-electron chi connectivity index (χ1n) is 4.83. The van der Waals surface area contributed by atoms with Crippen molar-refractivity contribution in [3.63, 3.8) is 0 Å². The Morgan fingerprint density at radius 1 is 1.53 bits per heavy atom. The van der Waals surface area contributed by atoms with Gasteiger partial charge in [-0.1, -0.05) is 0 Å². The Kier molecular flexibility index (Phi) is 4.78. The summed E-state index contributed by atoms with van der Waals surface area (Å²) in [5.41, 5.74) is 1.64. The minimum Gasteiger partial charge on any atom is -0.395 e. The Hall–Kier alpha value is -0.870. The van der Waals surface area contributed by atoms with Gasteiger partial charge >= 0.3 is 0 Å². The van der Waals surface area contributed by atoms with Crippen molar-refractivity contribution in [1.29, 1.82) is 0 Å². The van der Waals surface area contributed by atoms with Crippen molar-refractivity contribution in [3.8, 4) is 0 Å². The number of hydrogen-bond acceptors (Lipinski definition) is 3. The van der Waals surface area contributed by atoms with Crippen LogP contribution in [0.2, 0.25) is 0 Å². The number of hydrogen-bond donors (Lipinski definition) is 1. The van der Waals surface area contributed by atoms with Crippen molar-refractivity contribution in [1.82, 2.24) is 0 Å². The van der Waals surface area contributed by atoms with Crippen LogP contribution in [0.4, 0.5) is 5.69 Å². The van der Waals surface area contributed by atoms with Crippen molar-refractivity contribution in [2.45, 2.75) is 6.92 Å². The molecule has 82 valence electrons. The molecule has 0 unspecified atom stereocenters. The summed E-state index contributed by atoms with van der Waals surface area (Å²) in [7, 11) is 0. The SMILES string of the molecule is CCN(CCO)c1ccc(C=O)c(Br)c1. The van der Waals surface area contributed by atoms with E-state index in [4.69, 9.17) is 5.11 Å². The topological polar surface area (TPSA) is 40.5 Å². The highest BCUT2D eigenvalue weighted by atomic mass is 79.9. The largest absolute Gasteiger partial charge is 0.395 e. The summed E-state index contributed by atoms with van der Waals surface area (Å²) in [6.45, 7) is 3.58. The molecule has 1 rings (SSSR count). The number of aliphatic hydroxyl groups is 1. The van der Waals surface area contributed by atoms with Crippen molar-refractivity contribution < 1.29 is 9.90 Å². The van der Waals surface area contributed by atoms with E-state index in [1.165, 1.54) is 0 Å². The molecular weight excluding hydrogens is 258 g/mol. The number of benzene rings is 1. The molecule has 0 spiro atoms. The first-order chi connectivity index (χ1) is 7.22. The fourth-order valence-corrected chi connectivity index (χ4v) is 1.86. The van der Waals surface area contributed by atoms with Gasteiger partial charge in [-0.3, -0.25) is 4.79 Å². The van der Waals surface area contributed by atoms with Gasteiger partial charge in [0.2, 0.25) is 0 Å². The van der Waals surface area contributed by atoms with Gasteiger partial charge in [0.15, 0.2) is 6.29 Å². The van der Waals surface area contributed by atoms with E-state index in [1.807, 2.05) is 24.0 Å². The molecule has 0 aliphatic carbocycles. The third-order valence-electron chi connectivity index (χ3n) is 2.23. The predicted molar refractivity (Wildman–Crippen MR) is 64.5 cm³/mol. The zero-order chi connectivity index (χ0) is 11.3. The fraction of sp³-hybridized carbons (Fsp3) is 0.364. The zero-order valence-electron chi connectivity index (χ0n) is 8.61. The molecule has 0 saturated heterocycles. The average Bonchev–Trinajstić information content (AvgIpc) is 2.25. The van der Waals surface area contributed by atoms with Crippen LogP contribution in [-0.4, -0.2) is 31.1 Å². The molecule has 0 aliphatic heterocycles. The van der Waals surface area contributed by atoms with Gasteiger partial charge in [-0.15, -0.1) is 0 Å². The van der Waals surface area contributed by atoms with E-state index >= 15 is 0 Å². The smallest absolute Gasteiger partial charge is 0.151 e. The molecule has 0 heterocycles. The quantitative estimate of drug-likeness (QED) is 0.834. The maximum absolute atomic E-state index is 10.6. The highest BCUT2D eigenvalue weighted by molar-refractivity contribution is 9.10. The van der Waals surface area contributed by atoms with Crippen LogP contribution in [0.3, 0.4) is 0 Å². The fourth-order valence-electron chi connectivity index (χ4n) is 1.40. The van der Waals surface area contributed by atoms with Gasteiger partial charge in [-0.05, 0) is 41.1 Å². The van der Waals surface area contributed by atoms with Gasteiger partial charge < -0.3 is 10.0 Å². The lowest BCUT2D eigenvalue weighted by molar-refractivity contribution is 0.112. The van der Waals surface area contributed by atoms with E-state index in [0.717, 1.165) is 23.0 Å². The van der Waals surface area contributed by atoms with E-state index in [-0.39, 0.29) is 6.61 Å². The first kappa shape index (κ1) is 12.2. The van der Waals surface area contributed by atoms with Crippen LogP contribution in [0.25, 0.3) is 0 Å². The first-order valence-corrected chi connectivity index (χ1v) is 5.62. The van der Waals surface area contributed by atoms with E-state index < -0.39 is 0 Å². The predicted octanol–water partition coefficient (Wildman–Crippen LogP) is 2.08. The van der Waals surface area contributed by atoms with Crippen LogP contribution in [0.15, 0.2) is 22.7 Å². The summed E-state index contributed by atoms with van der Waals surface area (Å²) in [6.07, 6.45) is 0.816. The van der Waals surface area contributed by atoms with E-state index in [9.17, 15) is 4.79 Å². The molecule has 3 nitrogen and oxygen atoms in total. The van der Waals surface area contributed by atoms with Crippen LogP contribution in [0.1, 0.15) is 17.3 Å². The summed E-state index contributed by atoms with van der Waals surface area (Å²) in [5.74, 6) is 0. The Bertz CT molecular complexity index is 341. The Balaban J connectivity index is 2.94. The summed E-state index contributed by atoms with van der Waals surface area (Å²) in [6, 6.07) is 5.54. The molecule has 1 aromatic carbocycles. The molecule has 1 N–H and O–H groups in total. The van der Waals surface area contributed by atoms with Crippen LogP contribution in [-0.2, 0) is 0 Å². The third kappa shape index (κ3) is 3.04. The highest BCUT2D eigenvalue weighted by Gasteiger charge is 2.06. The number of carbonyl (C=O) groups excluding carboxylic acids is 1. The molecule has 0 aromatic heterocycles. The van der Waals surface area contributed by atoms with E-state index in [2.05, 4.69) is 15.9 Å². The summed E-state index contributed by atoms with van der Waals surface area (Å²) in [4.78, 5) is 12.7. The molecule has 0 atom stereocenters. The number of carbonyl (C=O) groups is 1. The zero-order valence-corrected chi connectivity index (χ0v) is 10.2. The molecular formula is C11H14BrNO2. The maximum atomic E-state index is 10.6. The van der Waals surface area contributed by atoms with Crippen LogP contribution in [0, 0.1) is 0 Å². The minimum atomic E-state index is 0.126. The monoisotopic (exact) mass is 271 g/mol. The van der Waals surface area contributed by atoms with Gasteiger partial charge in [-0.2, -0.15) is 0 Å². The molecule has 1 aromatic rings. The van der Waals surface area contributed by atoms with Crippen molar-refractivity contribution in [3.05, 3.63) is 28.2 Å². The number of nitrogens with zero attached hydrogens (tertiary/aromatic N) is 1. The van der Waals surface area contributed by atoms with Crippen LogP contribution >= 0.6 is 15.9 Å². The standard InChI is InChI=1S/C11H14BrNO2/c1-2-13(5-6-14)10-4-3-9(8-15)11(12)7-10/h3-4,7-8,14H,2,5-6H2,1H3. The van der Waals surface area contributed by atoms with E-state index in [0.29, 0.717) is 12.1 Å². The highest BCUT2D eigenvalue weighted by Crippen LogP contribution is 2.22. The molecule has 0 radical (unpaired) electrons. The van der Waals surface area contributed by atoms with Crippen molar-refractivity contribution >= 4 is 27.9 Å². The number of aldehydes is 1.